The maximum absolute atomic E-state index is 9.65. The van der Waals surface area contributed by atoms with E-state index in [2.05, 4.69) is 0 Å². The van der Waals surface area contributed by atoms with Crippen molar-refractivity contribution in [1.82, 2.24) is 0 Å². The molecule has 0 saturated carbocycles. The molecule has 0 aliphatic carbocycles. The standard InChI is InChI=1S/C12H19NO2/c1-10-4-3-5-11(8-10)15-7-6-12(2,14)9-13/h3-5,8,14H,6-7,9,13H2,1-2H3. The molecule has 0 bridgehead atoms. The minimum atomic E-state index is -0.830. The zero-order chi connectivity index (χ0) is 11.3. The molecule has 3 heteroatoms. The van der Waals surface area contributed by atoms with Gasteiger partial charge in [0, 0.05) is 13.0 Å². The second kappa shape index (κ2) is 5.14. The monoisotopic (exact) mass is 209 g/mol. The molecule has 1 atom stereocenters. The lowest BCUT2D eigenvalue weighted by Crippen LogP contribution is -2.35. The Labute approximate surface area is 90.9 Å². The van der Waals surface area contributed by atoms with Gasteiger partial charge in [0.2, 0.25) is 0 Å². The van der Waals surface area contributed by atoms with Crippen LogP contribution in [0.1, 0.15) is 18.9 Å². The molecule has 0 saturated heterocycles. The Kier molecular flexibility index (Phi) is 4.12. The molecular weight excluding hydrogens is 190 g/mol. The van der Waals surface area contributed by atoms with Gasteiger partial charge in [-0.15, -0.1) is 0 Å². The van der Waals surface area contributed by atoms with E-state index in [0.29, 0.717) is 13.0 Å². The van der Waals surface area contributed by atoms with Gasteiger partial charge in [-0.1, -0.05) is 12.1 Å². The fourth-order valence-electron chi connectivity index (χ4n) is 1.20. The van der Waals surface area contributed by atoms with E-state index in [-0.39, 0.29) is 6.54 Å². The normalized spacial score (nSPS) is 14.7. The van der Waals surface area contributed by atoms with Crippen LogP contribution >= 0.6 is 0 Å². The van der Waals surface area contributed by atoms with E-state index in [1.165, 1.54) is 0 Å². The largest absolute Gasteiger partial charge is 0.493 e. The summed E-state index contributed by atoms with van der Waals surface area (Å²) in [5.74, 6) is 0.836. The fraction of sp³-hybridized carbons (Fsp3) is 0.500. The Morgan fingerprint density at radius 3 is 2.80 bits per heavy atom. The number of ether oxygens (including phenoxy) is 1. The van der Waals surface area contributed by atoms with E-state index in [1.807, 2.05) is 31.2 Å². The van der Waals surface area contributed by atoms with Crippen LogP contribution in [-0.4, -0.2) is 23.9 Å². The first kappa shape index (κ1) is 12.0. The van der Waals surface area contributed by atoms with Crippen LogP contribution in [0.5, 0.6) is 5.75 Å². The molecule has 0 heterocycles. The summed E-state index contributed by atoms with van der Waals surface area (Å²) in [6.45, 7) is 4.47. The van der Waals surface area contributed by atoms with Crippen LogP contribution < -0.4 is 10.5 Å². The maximum Gasteiger partial charge on any atom is 0.119 e. The van der Waals surface area contributed by atoms with Crippen LogP contribution in [0.15, 0.2) is 24.3 Å². The second-order valence-electron chi connectivity index (χ2n) is 4.12. The summed E-state index contributed by atoms with van der Waals surface area (Å²) in [5, 5.41) is 9.65. The number of nitrogens with two attached hydrogens (primary N) is 1. The predicted octanol–water partition coefficient (Wildman–Crippen LogP) is 1.47. The molecule has 0 aliphatic heterocycles. The number of aliphatic hydroxyl groups is 1. The van der Waals surface area contributed by atoms with Crippen LogP contribution in [0.25, 0.3) is 0 Å². The lowest BCUT2D eigenvalue weighted by Gasteiger charge is -2.20. The molecule has 0 aromatic heterocycles. The van der Waals surface area contributed by atoms with Crippen molar-refractivity contribution in [3.05, 3.63) is 29.8 Å². The van der Waals surface area contributed by atoms with Gasteiger partial charge in [0.05, 0.1) is 12.2 Å². The van der Waals surface area contributed by atoms with Crippen molar-refractivity contribution in [3.63, 3.8) is 0 Å². The summed E-state index contributed by atoms with van der Waals surface area (Å²) in [4.78, 5) is 0. The highest BCUT2D eigenvalue weighted by Crippen LogP contribution is 2.14. The third-order valence-electron chi connectivity index (χ3n) is 2.34. The van der Waals surface area contributed by atoms with Gasteiger partial charge in [-0.05, 0) is 31.5 Å². The summed E-state index contributed by atoms with van der Waals surface area (Å²) in [7, 11) is 0. The summed E-state index contributed by atoms with van der Waals surface area (Å²) in [6.07, 6.45) is 0.539. The number of hydrogen-bond donors (Lipinski definition) is 2. The SMILES string of the molecule is Cc1cccc(OCCC(C)(O)CN)c1. The molecule has 0 amide bonds. The van der Waals surface area contributed by atoms with Crippen molar-refractivity contribution in [2.45, 2.75) is 25.9 Å². The van der Waals surface area contributed by atoms with Gasteiger partial charge in [0.15, 0.2) is 0 Å². The first-order valence-corrected chi connectivity index (χ1v) is 5.15. The number of aryl methyl sites for hydroxylation is 1. The van der Waals surface area contributed by atoms with E-state index in [1.54, 1.807) is 6.92 Å². The Morgan fingerprint density at radius 2 is 2.20 bits per heavy atom. The Bertz CT molecular complexity index is 310. The fourth-order valence-corrected chi connectivity index (χ4v) is 1.20. The molecule has 1 aromatic carbocycles. The lowest BCUT2D eigenvalue weighted by atomic mass is 10.0. The van der Waals surface area contributed by atoms with Gasteiger partial charge in [-0.2, -0.15) is 0 Å². The van der Waals surface area contributed by atoms with Gasteiger partial charge >= 0.3 is 0 Å². The number of benzene rings is 1. The molecule has 0 spiro atoms. The molecule has 0 aliphatic rings. The number of rotatable bonds is 5. The Morgan fingerprint density at radius 1 is 1.47 bits per heavy atom. The van der Waals surface area contributed by atoms with Crippen molar-refractivity contribution in [1.29, 1.82) is 0 Å². The highest BCUT2D eigenvalue weighted by molar-refractivity contribution is 5.27. The van der Waals surface area contributed by atoms with Gasteiger partial charge < -0.3 is 15.6 Å². The highest BCUT2D eigenvalue weighted by atomic mass is 16.5. The Hall–Kier alpha value is -1.06. The topological polar surface area (TPSA) is 55.5 Å². The molecule has 0 radical (unpaired) electrons. The van der Waals surface area contributed by atoms with E-state index in [0.717, 1.165) is 11.3 Å². The van der Waals surface area contributed by atoms with Crippen LogP contribution in [0.3, 0.4) is 0 Å². The van der Waals surface area contributed by atoms with Crippen molar-refractivity contribution >= 4 is 0 Å². The molecule has 84 valence electrons. The van der Waals surface area contributed by atoms with E-state index >= 15 is 0 Å². The van der Waals surface area contributed by atoms with Gasteiger partial charge in [-0.25, -0.2) is 0 Å². The first-order chi connectivity index (χ1) is 7.03. The molecule has 15 heavy (non-hydrogen) atoms. The third-order valence-corrected chi connectivity index (χ3v) is 2.34. The van der Waals surface area contributed by atoms with Gasteiger partial charge in [0.1, 0.15) is 5.75 Å². The van der Waals surface area contributed by atoms with Gasteiger partial charge in [0.25, 0.3) is 0 Å². The summed E-state index contributed by atoms with van der Waals surface area (Å²) in [5.41, 5.74) is 5.74. The minimum Gasteiger partial charge on any atom is -0.493 e. The first-order valence-electron chi connectivity index (χ1n) is 5.15. The van der Waals surface area contributed by atoms with Crippen LogP contribution in [0, 0.1) is 6.92 Å². The molecule has 0 fully saturated rings. The van der Waals surface area contributed by atoms with Crippen molar-refractivity contribution in [3.8, 4) is 5.75 Å². The van der Waals surface area contributed by atoms with E-state index < -0.39 is 5.60 Å². The van der Waals surface area contributed by atoms with Crippen molar-refractivity contribution in [2.75, 3.05) is 13.2 Å². The summed E-state index contributed by atoms with van der Waals surface area (Å²) in [6, 6.07) is 7.84. The zero-order valence-corrected chi connectivity index (χ0v) is 9.36. The smallest absolute Gasteiger partial charge is 0.119 e. The van der Waals surface area contributed by atoms with Crippen LogP contribution in [-0.2, 0) is 0 Å². The van der Waals surface area contributed by atoms with Crippen LogP contribution in [0.4, 0.5) is 0 Å². The highest BCUT2D eigenvalue weighted by Gasteiger charge is 2.17. The zero-order valence-electron chi connectivity index (χ0n) is 9.36. The Balaban J connectivity index is 2.38. The van der Waals surface area contributed by atoms with E-state index in [9.17, 15) is 5.11 Å². The third kappa shape index (κ3) is 4.32. The van der Waals surface area contributed by atoms with Gasteiger partial charge in [-0.3, -0.25) is 0 Å². The molecule has 1 rings (SSSR count). The molecule has 1 unspecified atom stereocenters. The van der Waals surface area contributed by atoms with Crippen LogP contribution in [0.2, 0.25) is 0 Å². The lowest BCUT2D eigenvalue weighted by molar-refractivity contribution is 0.0453. The van der Waals surface area contributed by atoms with E-state index in [4.69, 9.17) is 10.5 Å². The molecule has 3 nitrogen and oxygen atoms in total. The number of hydrogen-bond acceptors (Lipinski definition) is 3. The predicted molar refractivity (Wildman–Crippen MR) is 61.0 cm³/mol. The molecule has 1 aromatic rings. The quantitative estimate of drug-likeness (QED) is 0.772. The summed E-state index contributed by atoms with van der Waals surface area (Å²) >= 11 is 0. The van der Waals surface area contributed by atoms with Crippen molar-refractivity contribution in [2.24, 2.45) is 5.73 Å². The van der Waals surface area contributed by atoms with Crippen molar-refractivity contribution < 1.29 is 9.84 Å². The average Bonchev–Trinajstić information content (AvgIpc) is 2.18. The maximum atomic E-state index is 9.65. The second-order valence-corrected chi connectivity index (χ2v) is 4.12. The summed E-state index contributed by atoms with van der Waals surface area (Å²) < 4.78 is 5.51. The molecular formula is C12H19NO2. The minimum absolute atomic E-state index is 0.254. The molecule has 3 N–H and O–H groups in total. The average molecular weight is 209 g/mol.